The van der Waals surface area contributed by atoms with Crippen molar-refractivity contribution in [3.63, 3.8) is 0 Å². The second-order valence-corrected chi connectivity index (χ2v) is 12.4. The van der Waals surface area contributed by atoms with Gasteiger partial charge in [-0.2, -0.15) is 11.8 Å². The summed E-state index contributed by atoms with van der Waals surface area (Å²) in [6, 6.07) is 22.8. The molecule has 0 aliphatic carbocycles. The van der Waals surface area contributed by atoms with Gasteiger partial charge in [0, 0.05) is 24.9 Å². The molecule has 0 bridgehead atoms. The van der Waals surface area contributed by atoms with E-state index in [0.29, 0.717) is 18.7 Å². The summed E-state index contributed by atoms with van der Waals surface area (Å²) in [5.74, 6) is 0.257. The number of hydrogen-bond donors (Lipinski definition) is 3. The molecule has 3 N–H and O–H groups in total. The van der Waals surface area contributed by atoms with Crippen LogP contribution in [0, 0.1) is 5.92 Å². The summed E-state index contributed by atoms with van der Waals surface area (Å²) in [6.45, 7) is 4.69. The first-order valence-corrected chi connectivity index (χ1v) is 17.0. The van der Waals surface area contributed by atoms with Crippen molar-refractivity contribution >= 4 is 52.1 Å². The van der Waals surface area contributed by atoms with Crippen LogP contribution in [-0.4, -0.2) is 70.7 Å². The smallest absolute Gasteiger partial charge is 0.326 e. The van der Waals surface area contributed by atoms with Crippen LogP contribution in [0.5, 0.6) is 0 Å². The lowest BCUT2D eigenvalue weighted by Gasteiger charge is -2.35. The molecule has 2 amide bonds. The van der Waals surface area contributed by atoms with E-state index in [1.54, 1.807) is 11.8 Å². The molecular formula is C33H43N3O4S2. The number of fused-ring (bicyclic) bond motifs is 1. The zero-order valence-electron chi connectivity index (χ0n) is 24.8. The predicted octanol–water partition coefficient (Wildman–Crippen LogP) is 5.43. The van der Waals surface area contributed by atoms with Gasteiger partial charge in [0.15, 0.2) is 0 Å². The van der Waals surface area contributed by atoms with Crippen LogP contribution >= 0.6 is 23.5 Å². The van der Waals surface area contributed by atoms with Gasteiger partial charge in [0.2, 0.25) is 11.8 Å². The lowest BCUT2D eigenvalue weighted by atomic mass is 9.97. The van der Waals surface area contributed by atoms with Crippen molar-refractivity contribution in [3.05, 3.63) is 83.9 Å². The molecule has 3 atom stereocenters. The van der Waals surface area contributed by atoms with E-state index in [1.165, 1.54) is 16.7 Å². The number of nitrogens with zero attached hydrogens (tertiary/aromatic N) is 1. The van der Waals surface area contributed by atoms with E-state index in [4.69, 9.17) is 0 Å². The van der Waals surface area contributed by atoms with Crippen LogP contribution in [-0.2, 0) is 26.7 Å². The van der Waals surface area contributed by atoms with Crippen LogP contribution in [0.2, 0.25) is 0 Å². The molecule has 226 valence electrons. The topological polar surface area (TPSA) is 98.7 Å². The van der Waals surface area contributed by atoms with Crippen LogP contribution in [0.25, 0.3) is 10.8 Å². The molecule has 3 aromatic carbocycles. The Kier molecular flexibility index (Phi) is 14.2. The van der Waals surface area contributed by atoms with Crippen molar-refractivity contribution in [1.82, 2.24) is 15.5 Å². The molecule has 0 saturated carbocycles. The highest BCUT2D eigenvalue weighted by molar-refractivity contribution is 7.99. The Morgan fingerprint density at radius 1 is 0.976 bits per heavy atom. The van der Waals surface area contributed by atoms with Crippen LogP contribution < -0.4 is 10.6 Å². The summed E-state index contributed by atoms with van der Waals surface area (Å²) < 4.78 is 0. The number of carboxylic acid groups (broad SMARTS) is 1. The molecule has 0 radical (unpaired) electrons. The van der Waals surface area contributed by atoms with Gasteiger partial charge in [-0.15, -0.1) is 11.8 Å². The van der Waals surface area contributed by atoms with Gasteiger partial charge in [0.05, 0.1) is 12.3 Å². The van der Waals surface area contributed by atoms with Gasteiger partial charge in [-0.1, -0.05) is 93.1 Å². The highest BCUT2D eigenvalue weighted by Crippen LogP contribution is 2.19. The van der Waals surface area contributed by atoms with Gasteiger partial charge in [0.1, 0.15) is 6.04 Å². The average molecular weight is 610 g/mol. The Hall–Kier alpha value is -3.01. The number of benzene rings is 3. The molecule has 0 saturated heterocycles. The minimum Gasteiger partial charge on any atom is -0.480 e. The van der Waals surface area contributed by atoms with Crippen molar-refractivity contribution in [2.75, 3.05) is 30.9 Å². The standard InChI is InChI=1S/C33H43N3O4S2/c1-4-24(2)29(35-31(37)23-42-22-25-11-6-5-7-12-25)21-36(30(33(39)40)17-18-41-3)32(38)20-34-19-27-15-10-14-26-13-8-9-16-28(26)27/h5-16,24,29-30,34H,4,17-23H2,1-3H3,(H,35,37)(H,39,40). The van der Waals surface area contributed by atoms with Gasteiger partial charge in [-0.05, 0) is 46.2 Å². The number of carbonyl (C=O) groups excluding carboxylic acids is 2. The Balaban J connectivity index is 1.70. The van der Waals surface area contributed by atoms with Crippen LogP contribution in [0.3, 0.4) is 0 Å². The number of aliphatic carboxylic acids is 1. The summed E-state index contributed by atoms with van der Waals surface area (Å²) in [5.41, 5.74) is 2.22. The molecule has 0 heterocycles. The first kappa shape index (κ1) is 33.5. The first-order valence-electron chi connectivity index (χ1n) is 14.4. The van der Waals surface area contributed by atoms with Gasteiger partial charge < -0.3 is 20.6 Å². The predicted molar refractivity (Wildman–Crippen MR) is 176 cm³/mol. The summed E-state index contributed by atoms with van der Waals surface area (Å²) in [4.78, 5) is 40.5. The molecule has 3 unspecified atom stereocenters. The Morgan fingerprint density at radius 2 is 1.69 bits per heavy atom. The molecule has 3 aromatic rings. The van der Waals surface area contributed by atoms with Gasteiger partial charge in [-0.25, -0.2) is 4.79 Å². The average Bonchev–Trinajstić information content (AvgIpc) is 3.00. The van der Waals surface area contributed by atoms with E-state index < -0.39 is 12.0 Å². The number of rotatable bonds is 18. The summed E-state index contributed by atoms with van der Waals surface area (Å²) in [5, 5.41) is 18.7. The van der Waals surface area contributed by atoms with E-state index in [0.717, 1.165) is 34.1 Å². The van der Waals surface area contributed by atoms with Gasteiger partial charge >= 0.3 is 5.97 Å². The van der Waals surface area contributed by atoms with E-state index >= 15 is 0 Å². The lowest BCUT2D eigenvalue weighted by Crippen LogP contribution is -2.55. The number of carbonyl (C=O) groups is 3. The second-order valence-electron chi connectivity index (χ2n) is 10.5. The summed E-state index contributed by atoms with van der Waals surface area (Å²) >= 11 is 3.08. The summed E-state index contributed by atoms with van der Waals surface area (Å²) in [6.07, 6.45) is 3.04. The zero-order chi connectivity index (χ0) is 30.3. The van der Waals surface area contributed by atoms with Gasteiger partial charge in [0.25, 0.3) is 0 Å². The molecule has 0 aromatic heterocycles. The van der Waals surface area contributed by atoms with Crippen molar-refractivity contribution in [1.29, 1.82) is 0 Å². The fourth-order valence-corrected chi connectivity index (χ4v) is 6.10. The molecular weight excluding hydrogens is 567 g/mol. The van der Waals surface area contributed by atoms with Crippen molar-refractivity contribution < 1.29 is 19.5 Å². The van der Waals surface area contributed by atoms with Crippen molar-refractivity contribution in [3.8, 4) is 0 Å². The molecule has 0 aliphatic heterocycles. The molecule has 9 heteroatoms. The SMILES string of the molecule is CCC(C)C(CN(C(=O)CNCc1cccc2ccccc12)C(CCSC)C(=O)O)NC(=O)CSCc1ccccc1. The minimum absolute atomic E-state index is 0.000366. The first-order chi connectivity index (χ1) is 20.3. The minimum atomic E-state index is -1.03. The fourth-order valence-electron chi connectivity index (χ4n) is 4.85. The maximum Gasteiger partial charge on any atom is 0.326 e. The number of carboxylic acids is 1. The van der Waals surface area contributed by atoms with Crippen LogP contribution in [0.4, 0.5) is 0 Å². The maximum atomic E-state index is 13.6. The van der Waals surface area contributed by atoms with E-state index in [9.17, 15) is 19.5 Å². The Labute approximate surface area is 258 Å². The summed E-state index contributed by atoms with van der Waals surface area (Å²) in [7, 11) is 0. The van der Waals surface area contributed by atoms with Gasteiger partial charge in [-0.3, -0.25) is 9.59 Å². The Morgan fingerprint density at radius 3 is 2.40 bits per heavy atom. The fraction of sp³-hybridized carbons (Fsp3) is 0.424. The van der Waals surface area contributed by atoms with E-state index in [-0.39, 0.29) is 42.6 Å². The molecule has 7 nitrogen and oxygen atoms in total. The van der Waals surface area contributed by atoms with Crippen molar-refractivity contribution in [2.24, 2.45) is 5.92 Å². The second kappa shape index (κ2) is 17.8. The van der Waals surface area contributed by atoms with E-state index in [2.05, 4.69) is 28.8 Å². The molecule has 0 aliphatic rings. The normalized spacial score (nSPS) is 13.3. The number of thioether (sulfide) groups is 2. The Bertz CT molecular complexity index is 1290. The number of amides is 2. The highest BCUT2D eigenvalue weighted by atomic mass is 32.2. The van der Waals surface area contributed by atoms with Crippen LogP contribution in [0.15, 0.2) is 72.8 Å². The molecule has 0 fully saturated rings. The van der Waals surface area contributed by atoms with Crippen molar-refractivity contribution in [2.45, 2.75) is 51.1 Å². The number of hydrogen-bond acceptors (Lipinski definition) is 6. The lowest BCUT2D eigenvalue weighted by molar-refractivity contribution is -0.150. The number of nitrogens with one attached hydrogen (secondary N) is 2. The quantitative estimate of drug-likeness (QED) is 0.177. The highest BCUT2D eigenvalue weighted by Gasteiger charge is 2.33. The molecule has 42 heavy (non-hydrogen) atoms. The monoisotopic (exact) mass is 609 g/mol. The largest absolute Gasteiger partial charge is 0.480 e. The third-order valence-electron chi connectivity index (χ3n) is 7.46. The molecule has 0 spiro atoms. The third-order valence-corrected chi connectivity index (χ3v) is 9.11. The molecule has 3 rings (SSSR count). The van der Waals surface area contributed by atoms with E-state index in [1.807, 2.05) is 74.7 Å². The van der Waals surface area contributed by atoms with Crippen LogP contribution in [0.1, 0.15) is 37.8 Å². The third kappa shape index (κ3) is 10.4. The zero-order valence-corrected chi connectivity index (χ0v) is 26.4. The maximum absolute atomic E-state index is 13.6.